The van der Waals surface area contributed by atoms with E-state index in [1.165, 1.54) is 6.08 Å². The van der Waals surface area contributed by atoms with E-state index in [4.69, 9.17) is 4.74 Å². The lowest BCUT2D eigenvalue weighted by atomic mass is 9.99. The molecule has 0 saturated carbocycles. The van der Waals surface area contributed by atoms with Crippen LogP contribution >= 0.6 is 0 Å². The van der Waals surface area contributed by atoms with Gasteiger partial charge in [-0.1, -0.05) is 6.08 Å². The van der Waals surface area contributed by atoms with Crippen LogP contribution in [0.4, 0.5) is 4.79 Å². The number of alkyl carbamates (subject to hydrolysis) is 1. The summed E-state index contributed by atoms with van der Waals surface area (Å²) in [4.78, 5) is 22.4. The highest BCUT2D eigenvalue weighted by molar-refractivity contribution is 5.89. The van der Waals surface area contributed by atoms with Crippen LogP contribution in [0.5, 0.6) is 0 Å². The monoisotopic (exact) mass is 199 g/mol. The molecule has 1 heterocycles. The minimum Gasteiger partial charge on any atom is -0.464 e. The van der Waals surface area contributed by atoms with E-state index >= 15 is 0 Å². The number of esters is 1. The normalized spacial score (nSPS) is 25.4. The Morgan fingerprint density at radius 2 is 2.57 bits per heavy atom. The van der Waals surface area contributed by atoms with Gasteiger partial charge in [0.2, 0.25) is 0 Å². The molecule has 1 atom stereocenters. The summed E-state index contributed by atoms with van der Waals surface area (Å²) in [6.45, 7) is 5.74. The number of amides is 1. The first kappa shape index (κ1) is 10.6. The molecule has 1 unspecified atom stereocenters. The largest absolute Gasteiger partial charge is 0.464 e. The van der Waals surface area contributed by atoms with Crippen molar-refractivity contribution < 1.29 is 19.1 Å². The molecule has 0 aromatic carbocycles. The lowest BCUT2D eigenvalue weighted by Crippen LogP contribution is -2.50. The quantitative estimate of drug-likeness (QED) is 0.534. The lowest BCUT2D eigenvalue weighted by molar-refractivity contribution is -0.141. The Kier molecular flexibility index (Phi) is 3.11. The second kappa shape index (κ2) is 4.13. The van der Waals surface area contributed by atoms with Crippen LogP contribution in [0, 0.1) is 0 Å². The smallest absolute Gasteiger partial charge is 0.408 e. The number of hydrogen-bond acceptors (Lipinski definition) is 4. The summed E-state index contributed by atoms with van der Waals surface area (Å²) in [6.07, 6.45) is 1.14. The standard InChI is InChI=1S/C9H13NO4/c1-3-9(5-6-14-7(9)11)10-8(12)13-4-2/h3H,1,4-6H2,2H3,(H,10,12). The van der Waals surface area contributed by atoms with Crippen molar-refractivity contribution in [1.82, 2.24) is 5.32 Å². The van der Waals surface area contributed by atoms with Crippen molar-refractivity contribution in [3.05, 3.63) is 12.7 Å². The summed E-state index contributed by atoms with van der Waals surface area (Å²) in [5.41, 5.74) is -1.10. The van der Waals surface area contributed by atoms with Gasteiger partial charge >= 0.3 is 12.1 Å². The number of hydrogen-bond donors (Lipinski definition) is 1. The third kappa shape index (κ3) is 1.86. The molecular weight excluding hydrogens is 186 g/mol. The summed E-state index contributed by atoms with van der Waals surface area (Å²) in [7, 11) is 0. The molecule has 1 aliphatic rings. The molecule has 1 fully saturated rings. The minimum atomic E-state index is -1.10. The average molecular weight is 199 g/mol. The van der Waals surface area contributed by atoms with Gasteiger partial charge in [0.05, 0.1) is 13.2 Å². The molecule has 0 aromatic rings. The van der Waals surface area contributed by atoms with E-state index in [0.717, 1.165) is 0 Å². The predicted molar refractivity (Wildman–Crippen MR) is 48.7 cm³/mol. The second-order valence-electron chi connectivity index (χ2n) is 2.91. The second-order valence-corrected chi connectivity index (χ2v) is 2.91. The Balaban J connectivity index is 2.66. The minimum absolute atomic E-state index is 0.258. The lowest BCUT2D eigenvalue weighted by Gasteiger charge is -2.20. The molecule has 0 aromatic heterocycles. The van der Waals surface area contributed by atoms with Gasteiger partial charge in [0.15, 0.2) is 5.54 Å². The number of cyclic esters (lactones) is 1. The van der Waals surface area contributed by atoms with Crippen LogP contribution in [-0.4, -0.2) is 30.8 Å². The first-order chi connectivity index (χ1) is 6.64. The summed E-state index contributed by atoms with van der Waals surface area (Å²) in [5, 5.41) is 2.44. The third-order valence-electron chi connectivity index (χ3n) is 2.04. The van der Waals surface area contributed by atoms with Crippen molar-refractivity contribution in [2.75, 3.05) is 13.2 Å². The highest BCUT2D eigenvalue weighted by Gasteiger charge is 2.43. The van der Waals surface area contributed by atoms with Gasteiger partial charge in [-0.05, 0) is 6.92 Å². The molecule has 1 rings (SSSR count). The van der Waals surface area contributed by atoms with Crippen LogP contribution in [0.15, 0.2) is 12.7 Å². The van der Waals surface area contributed by atoms with E-state index < -0.39 is 17.6 Å². The molecule has 1 N–H and O–H groups in total. The summed E-state index contributed by atoms with van der Waals surface area (Å²) in [6, 6.07) is 0. The van der Waals surface area contributed by atoms with Gasteiger partial charge < -0.3 is 14.8 Å². The molecule has 1 aliphatic heterocycles. The number of rotatable bonds is 3. The molecule has 0 aliphatic carbocycles. The van der Waals surface area contributed by atoms with Crippen LogP contribution in [-0.2, 0) is 14.3 Å². The maximum Gasteiger partial charge on any atom is 0.408 e. The zero-order valence-electron chi connectivity index (χ0n) is 8.04. The highest BCUT2D eigenvalue weighted by Crippen LogP contribution is 2.21. The Labute approximate surface area is 82.1 Å². The average Bonchev–Trinajstić information content (AvgIpc) is 2.49. The summed E-state index contributed by atoms with van der Waals surface area (Å²) < 4.78 is 9.43. The number of ether oxygens (including phenoxy) is 2. The van der Waals surface area contributed by atoms with Crippen LogP contribution in [0.25, 0.3) is 0 Å². The third-order valence-corrected chi connectivity index (χ3v) is 2.04. The molecule has 78 valence electrons. The van der Waals surface area contributed by atoms with Gasteiger partial charge in [-0.15, -0.1) is 6.58 Å². The van der Waals surface area contributed by atoms with Gasteiger partial charge in [0.1, 0.15) is 0 Å². The highest BCUT2D eigenvalue weighted by atomic mass is 16.6. The van der Waals surface area contributed by atoms with E-state index in [0.29, 0.717) is 6.42 Å². The van der Waals surface area contributed by atoms with Crippen molar-refractivity contribution in [3.8, 4) is 0 Å². The molecule has 0 bridgehead atoms. The SMILES string of the molecule is C=CC1(NC(=O)OCC)CCOC1=O. The van der Waals surface area contributed by atoms with Crippen molar-refractivity contribution in [3.63, 3.8) is 0 Å². The van der Waals surface area contributed by atoms with E-state index in [2.05, 4.69) is 16.6 Å². The first-order valence-electron chi connectivity index (χ1n) is 4.40. The van der Waals surface area contributed by atoms with E-state index in [-0.39, 0.29) is 13.2 Å². The van der Waals surface area contributed by atoms with Gasteiger partial charge in [0, 0.05) is 6.42 Å². The first-order valence-corrected chi connectivity index (χ1v) is 4.40. The van der Waals surface area contributed by atoms with E-state index in [9.17, 15) is 9.59 Å². The zero-order valence-corrected chi connectivity index (χ0v) is 8.04. The Morgan fingerprint density at radius 1 is 1.86 bits per heavy atom. The van der Waals surface area contributed by atoms with Crippen molar-refractivity contribution in [2.24, 2.45) is 0 Å². The summed E-state index contributed by atoms with van der Waals surface area (Å²) in [5.74, 6) is -0.486. The molecule has 0 radical (unpaired) electrons. The van der Waals surface area contributed by atoms with Crippen LogP contribution in [0.1, 0.15) is 13.3 Å². The van der Waals surface area contributed by atoms with Crippen LogP contribution in [0.3, 0.4) is 0 Å². The molecule has 14 heavy (non-hydrogen) atoms. The molecule has 1 saturated heterocycles. The van der Waals surface area contributed by atoms with Crippen LogP contribution in [0.2, 0.25) is 0 Å². The number of carbonyl (C=O) groups excluding carboxylic acids is 2. The predicted octanol–water partition coefficient (Wildman–Crippen LogP) is 0.604. The topological polar surface area (TPSA) is 64.6 Å². The Bertz CT molecular complexity index is 264. The van der Waals surface area contributed by atoms with Gasteiger partial charge in [-0.25, -0.2) is 9.59 Å². The van der Waals surface area contributed by atoms with Gasteiger partial charge in [-0.3, -0.25) is 0 Å². The van der Waals surface area contributed by atoms with Gasteiger partial charge in [-0.2, -0.15) is 0 Å². The zero-order chi connectivity index (χ0) is 10.6. The molecular formula is C9H13NO4. The van der Waals surface area contributed by atoms with E-state index in [1.54, 1.807) is 6.92 Å². The van der Waals surface area contributed by atoms with Crippen molar-refractivity contribution in [1.29, 1.82) is 0 Å². The van der Waals surface area contributed by atoms with Gasteiger partial charge in [0.25, 0.3) is 0 Å². The fraction of sp³-hybridized carbons (Fsp3) is 0.556. The molecule has 5 heteroatoms. The number of carbonyl (C=O) groups is 2. The maximum absolute atomic E-state index is 11.3. The molecule has 5 nitrogen and oxygen atoms in total. The summed E-state index contributed by atoms with van der Waals surface area (Å²) >= 11 is 0. The van der Waals surface area contributed by atoms with Crippen LogP contribution < -0.4 is 5.32 Å². The van der Waals surface area contributed by atoms with Crippen molar-refractivity contribution in [2.45, 2.75) is 18.9 Å². The maximum atomic E-state index is 11.3. The Hall–Kier alpha value is -1.52. The molecule has 1 amide bonds. The van der Waals surface area contributed by atoms with E-state index in [1.807, 2.05) is 0 Å². The number of nitrogens with one attached hydrogen (secondary N) is 1. The Morgan fingerprint density at radius 3 is 3.00 bits per heavy atom. The molecule has 0 spiro atoms. The fourth-order valence-corrected chi connectivity index (χ4v) is 1.23. The van der Waals surface area contributed by atoms with Crippen molar-refractivity contribution >= 4 is 12.1 Å². The fourth-order valence-electron chi connectivity index (χ4n) is 1.23.